The third-order valence-electron chi connectivity index (χ3n) is 1.77. The Morgan fingerprint density at radius 2 is 2.38 bits per heavy atom. The van der Waals surface area contributed by atoms with Crippen molar-refractivity contribution in [2.75, 3.05) is 19.3 Å². The highest BCUT2D eigenvalue weighted by molar-refractivity contribution is 5.53. The van der Waals surface area contributed by atoms with Crippen molar-refractivity contribution in [2.45, 2.75) is 6.92 Å². The second-order valence-electron chi connectivity index (χ2n) is 2.93. The lowest BCUT2D eigenvalue weighted by Gasteiger charge is -1.99. The van der Waals surface area contributed by atoms with Gasteiger partial charge in [0.1, 0.15) is 5.82 Å². The van der Waals surface area contributed by atoms with Gasteiger partial charge in [0.05, 0.1) is 0 Å². The van der Waals surface area contributed by atoms with Gasteiger partial charge in [-0.05, 0) is 31.2 Å². The molecule has 0 aliphatic rings. The van der Waals surface area contributed by atoms with Gasteiger partial charge in [0.2, 0.25) is 0 Å². The van der Waals surface area contributed by atoms with Crippen molar-refractivity contribution in [3.8, 4) is 0 Å². The number of pyridine rings is 1. The normalized spacial score (nSPS) is 10.9. The Morgan fingerprint density at radius 3 is 3.00 bits per heavy atom. The Hall–Kier alpha value is -1.35. The zero-order valence-electron chi connectivity index (χ0n) is 8.04. The first-order valence-electron chi connectivity index (χ1n) is 4.27. The second kappa shape index (κ2) is 4.62. The molecular weight excluding hydrogens is 162 g/mol. The van der Waals surface area contributed by atoms with Crippen molar-refractivity contribution in [1.29, 1.82) is 0 Å². The topological polar surface area (TPSA) is 50.9 Å². The van der Waals surface area contributed by atoms with Gasteiger partial charge in [0.15, 0.2) is 0 Å². The van der Waals surface area contributed by atoms with Gasteiger partial charge >= 0.3 is 0 Å². The highest BCUT2D eigenvalue weighted by atomic mass is 14.8. The molecule has 0 aliphatic heterocycles. The van der Waals surface area contributed by atoms with Gasteiger partial charge in [0, 0.05) is 12.7 Å². The van der Waals surface area contributed by atoms with Crippen LogP contribution in [0.4, 0.5) is 5.82 Å². The predicted molar refractivity (Wildman–Crippen MR) is 56.3 cm³/mol. The van der Waals surface area contributed by atoms with Crippen molar-refractivity contribution in [1.82, 2.24) is 10.3 Å². The molecule has 0 radical (unpaired) electrons. The number of hydrogen-bond donors (Lipinski definition) is 2. The van der Waals surface area contributed by atoms with Gasteiger partial charge in [-0.2, -0.15) is 0 Å². The molecule has 0 saturated carbocycles. The molecule has 0 spiro atoms. The summed E-state index contributed by atoms with van der Waals surface area (Å²) in [5, 5.41) is 3.03. The minimum atomic E-state index is 0.603. The molecule has 1 heterocycles. The maximum Gasteiger partial charge on any atom is 0.126 e. The van der Waals surface area contributed by atoms with E-state index in [1.54, 1.807) is 6.20 Å². The largest absolute Gasteiger partial charge is 0.383 e. The van der Waals surface area contributed by atoms with Crippen molar-refractivity contribution in [2.24, 2.45) is 0 Å². The number of likely N-dealkylation sites (N-methyl/N-ethyl adjacent to an activating group) is 1. The molecule has 1 aromatic heterocycles. The van der Waals surface area contributed by atoms with E-state index < -0.39 is 0 Å². The zero-order valence-corrected chi connectivity index (χ0v) is 8.04. The number of nitrogen functional groups attached to an aromatic ring is 1. The van der Waals surface area contributed by atoms with Crippen molar-refractivity contribution in [3.05, 3.63) is 29.5 Å². The number of aromatic nitrogens is 1. The van der Waals surface area contributed by atoms with Gasteiger partial charge in [-0.15, -0.1) is 0 Å². The molecule has 0 aliphatic carbocycles. The molecule has 3 heteroatoms. The van der Waals surface area contributed by atoms with Gasteiger partial charge in [-0.25, -0.2) is 4.98 Å². The van der Waals surface area contributed by atoms with E-state index >= 15 is 0 Å². The summed E-state index contributed by atoms with van der Waals surface area (Å²) in [4.78, 5) is 4.06. The number of rotatable bonds is 3. The van der Waals surface area contributed by atoms with E-state index in [1.165, 1.54) is 0 Å². The third-order valence-corrected chi connectivity index (χ3v) is 1.77. The van der Waals surface area contributed by atoms with Crippen LogP contribution < -0.4 is 11.1 Å². The summed E-state index contributed by atoms with van der Waals surface area (Å²) in [6.07, 6.45) is 5.84. The number of nitrogens with one attached hydrogen (secondary N) is 1. The first-order chi connectivity index (χ1) is 6.24. The van der Waals surface area contributed by atoms with Crippen LogP contribution in [0.15, 0.2) is 18.3 Å². The third kappa shape index (κ3) is 2.87. The molecule has 0 unspecified atom stereocenters. The highest BCUT2D eigenvalue weighted by Crippen LogP contribution is 2.09. The van der Waals surface area contributed by atoms with E-state index in [0.717, 1.165) is 17.7 Å². The summed E-state index contributed by atoms with van der Waals surface area (Å²) in [7, 11) is 1.91. The minimum absolute atomic E-state index is 0.603. The van der Waals surface area contributed by atoms with Crippen LogP contribution >= 0.6 is 0 Å². The predicted octanol–water partition coefficient (Wildman–Crippen LogP) is 1.20. The fraction of sp³-hybridized carbons (Fsp3) is 0.300. The SMILES string of the molecule is CNCC=Cc1cnc(N)c(C)c1. The lowest BCUT2D eigenvalue weighted by molar-refractivity contribution is 0.922. The van der Waals surface area contributed by atoms with E-state index in [9.17, 15) is 0 Å². The van der Waals surface area contributed by atoms with Crippen molar-refractivity contribution in [3.63, 3.8) is 0 Å². The number of nitrogens with two attached hydrogens (primary N) is 1. The van der Waals surface area contributed by atoms with Gasteiger partial charge in [0.25, 0.3) is 0 Å². The summed E-state index contributed by atoms with van der Waals surface area (Å²) >= 11 is 0. The average molecular weight is 177 g/mol. The van der Waals surface area contributed by atoms with E-state index in [-0.39, 0.29) is 0 Å². The second-order valence-corrected chi connectivity index (χ2v) is 2.93. The van der Waals surface area contributed by atoms with E-state index in [1.807, 2.05) is 32.2 Å². The standard InChI is InChI=1S/C10H15N3/c1-8-6-9(4-3-5-12-2)7-13-10(8)11/h3-4,6-7,12H,5H2,1-2H3,(H2,11,13). The average Bonchev–Trinajstić information content (AvgIpc) is 2.12. The first-order valence-corrected chi connectivity index (χ1v) is 4.27. The fourth-order valence-corrected chi connectivity index (χ4v) is 1.01. The quantitative estimate of drug-likeness (QED) is 0.729. The molecule has 0 aromatic carbocycles. The Balaban J connectivity index is 2.73. The van der Waals surface area contributed by atoms with E-state index in [2.05, 4.69) is 10.3 Å². The van der Waals surface area contributed by atoms with Crippen molar-refractivity contribution < 1.29 is 0 Å². The van der Waals surface area contributed by atoms with Gasteiger partial charge in [-0.1, -0.05) is 12.2 Å². The molecule has 3 N–H and O–H groups in total. The van der Waals surface area contributed by atoms with Crippen LogP contribution in [0.2, 0.25) is 0 Å². The molecular formula is C10H15N3. The first kappa shape index (κ1) is 9.74. The minimum Gasteiger partial charge on any atom is -0.383 e. The zero-order chi connectivity index (χ0) is 9.68. The van der Waals surface area contributed by atoms with Gasteiger partial charge < -0.3 is 11.1 Å². The molecule has 0 fully saturated rings. The Bertz CT molecular complexity index is 305. The molecule has 0 saturated heterocycles. The van der Waals surface area contributed by atoms with Crippen LogP contribution in [-0.2, 0) is 0 Å². The Labute approximate surface area is 78.7 Å². The lowest BCUT2D eigenvalue weighted by atomic mass is 10.2. The number of aryl methyl sites for hydroxylation is 1. The number of anilines is 1. The molecule has 3 nitrogen and oxygen atoms in total. The summed E-state index contributed by atoms with van der Waals surface area (Å²) < 4.78 is 0. The molecule has 0 amide bonds. The fourth-order valence-electron chi connectivity index (χ4n) is 1.01. The van der Waals surface area contributed by atoms with Gasteiger partial charge in [-0.3, -0.25) is 0 Å². The summed E-state index contributed by atoms with van der Waals surface area (Å²) in [6, 6.07) is 2.02. The van der Waals surface area contributed by atoms with Crippen LogP contribution in [0, 0.1) is 6.92 Å². The van der Waals surface area contributed by atoms with E-state index in [4.69, 9.17) is 5.73 Å². The van der Waals surface area contributed by atoms with Crippen LogP contribution in [0.25, 0.3) is 6.08 Å². The van der Waals surface area contributed by atoms with Crippen molar-refractivity contribution >= 4 is 11.9 Å². The molecule has 1 rings (SSSR count). The monoisotopic (exact) mass is 177 g/mol. The summed E-state index contributed by atoms with van der Waals surface area (Å²) in [6.45, 7) is 2.82. The highest BCUT2D eigenvalue weighted by Gasteiger charge is 1.93. The van der Waals surface area contributed by atoms with Crippen LogP contribution in [0.5, 0.6) is 0 Å². The summed E-state index contributed by atoms with van der Waals surface area (Å²) in [5.74, 6) is 0.603. The number of nitrogens with zero attached hydrogens (tertiary/aromatic N) is 1. The Morgan fingerprint density at radius 1 is 1.62 bits per heavy atom. The Kier molecular flexibility index (Phi) is 3.46. The molecule has 1 aromatic rings. The number of hydrogen-bond acceptors (Lipinski definition) is 3. The van der Waals surface area contributed by atoms with Crippen LogP contribution in [-0.4, -0.2) is 18.6 Å². The summed E-state index contributed by atoms with van der Waals surface area (Å²) in [5.41, 5.74) is 7.70. The van der Waals surface area contributed by atoms with Crippen LogP contribution in [0.3, 0.4) is 0 Å². The van der Waals surface area contributed by atoms with Crippen LogP contribution in [0.1, 0.15) is 11.1 Å². The maximum absolute atomic E-state index is 5.60. The molecule has 0 atom stereocenters. The maximum atomic E-state index is 5.60. The molecule has 70 valence electrons. The molecule has 13 heavy (non-hydrogen) atoms. The molecule has 0 bridgehead atoms. The lowest BCUT2D eigenvalue weighted by Crippen LogP contribution is -2.03. The van der Waals surface area contributed by atoms with E-state index in [0.29, 0.717) is 5.82 Å². The smallest absolute Gasteiger partial charge is 0.126 e.